The molecular formula is C24H20F3N5O3S. The Balaban J connectivity index is 1.66. The molecular weight excluding hydrogens is 495 g/mol. The number of halogens is 3. The second kappa shape index (κ2) is 9.82. The number of alkyl halides is 3. The number of carbonyl (C=O) groups excluding carboxylic acids is 3. The summed E-state index contributed by atoms with van der Waals surface area (Å²) in [6.07, 6.45) is -4.50. The average molecular weight is 516 g/mol. The molecule has 0 fully saturated rings. The first kappa shape index (κ1) is 24.9. The van der Waals surface area contributed by atoms with Crippen molar-refractivity contribution in [1.29, 1.82) is 0 Å². The average Bonchev–Trinajstić information content (AvgIpc) is 3.50. The van der Waals surface area contributed by atoms with E-state index >= 15 is 0 Å². The molecule has 0 aliphatic rings. The van der Waals surface area contributed by atoms with Crippen molar-refractivity contribution in [3.05, 3.63) is 75.7 Å². The molecule has 186 valence electrons. The number of benzene rings is 2. The number of H-pyrrole nitrogens is 1. The fourth-order valence-electron chi connectivity index (χ4n) is 3.59. The predicted octanol–water partition coefficient (Wildman–Crippen LogP) is 4.92. The van der Waals surface area contributed by atoms with Gasteiger partial charge in [-0.05, 0) is 49.4 Å². The summed E-state index contributed by atoms with van der Waals surface area (Å²) >= 11 is 1.26. The zero-order valence-electron chi connectivity index (χ0n) is 19.1. The molecule has 2 heterocycles. The first-order chi connectivity index (χ1) is 17.1. The maximum Gasteiger partial charge on any atom is 0.416 e. The Morgan fingerprint density at radius 1 is 1.08 bits per heavy atom. The first-order valence-electron chi connectivity index (χ1n) is 10.7. The minimum Gasteiger partial charge on any atom is -0.352 e. The summed E-state index contributed by atoms with van der Waals surface area (Å²) in [6, 6.07) is 8.78. The number of fused-ring (bicyclic) bond motifs is 1. The van der Waals surface area contributed by atoms with Crippen molar-refractivity contribution in [2.45, 2.75) is 13.1 Å². The molecule has 0 aliphatic carbocycles. The van der Waals surface area contributed by atoms with Gasteiger partial charge in [0.2, 0.25) is 0 Å². The van der Waals surface area contributed by atoms with Gasteiger partial charge in [-0.1, -0.05) is 0 Å². The Hall–Kier alpha value is -4.19. The molecule has 36 heavy (non-hydrogen) atoms. The highest BCUT2D eigenvalue weighted by molar-refractivity contribution is 7.07. The van der Waals surface area contributed by atoms with Crippen molar-refractivity contribution in [2.24, 2.45) is 0 Å². The van der Waals surface area contributed by atoms with Gasteiger partial charge in [-0.15, -0.1) is 11.3 Å². The molecule has 4 aromatic rings. The lowest BCUT2D eigenvalue weighted by Crippen LogP contribution is -2.26. The molecule has 4 rings (SSSR count). The Morgan fingerprint density at radius 3 is 2.42 bits per heavy atom. The normalized spacial score (nSPS) is 11.4. The van der Waals surface area contributed by atoms with Crippen LogP contribution in [0.4, 0.5) is 24.7 Å². The molecule has 0 saturated heterocycles. The van der Waals surface area contributed by atoms with Gasteiger partial charge in [0.05, 0.1) is 16.6 Å². The molecule has 3 amide bonds. The maximum absolute atomic E-state index is 12.9. The molecule has 2 aromatic carbocycles. The summed E-state index contributed by atoms with van der Waals surface area (Å²) in [4.78, 5) is 46.5. The summed E-state index contributed by atoms with van der Waals surface area (Å²) in [6.45, 7) is 2.13. The van der Waals surface area contributed by atoms with Crippen LogP contribution in [0.25, 0.3) is 10.9 Å². The number of aromatic nitrogens is 2. The Morgan fingerprint density at radius 2 is 1.81 bits per heavy atom. The van der Waals surface area contributed by atoms with Gasteiger partial charge >= 0.3 is 6.18 Å². The number of hydrogen-bond acceptors (Lipinski definition) is 5. The Labute approximate surface area is 207 Å². The molecule has 12 heteroatoms. The third-order valence-corrected chi connectivity index (χ3v) is 5.99. The van der Waals surface area contributed by atoms with Crippen LogP contribution in [0.3, 0.4) is 0 Å². The minimum atomic E-state index is -4.50. The van der Waals surface area contributed by atoms with Crippen LogP contribution in [0, 0.1) is 0 Å². The third-order valence-electron chi connectivity index (χ3n) is 5.40. The number of aromatic amines is 1. The van der Waals surface area contributed by atoms with E-state index in [0.717, 1.165) is 24.3 Å². The van der Waals surface area contributed by atoms with E-state index in [2.05, 4.69) is 20.6 Å². The van der Waals surface area contributed by atoms with Crippen molar-refractivity contribution in [3.63, 3.8) is 0 Å². The standard InChI is InChI=1S/C24H20F3N5O3S/c1-3-28-22(34)19-16-9-8-15(10-17(16)30-20(19)31-21(33)18-11-36-12-29-18)32(2)23(35)13-4-6-14(7-5-13)24(25,26)27/h4-12,30H,3H2,1-2H3,(H,28,34)(H,31,33). The van der Waals surface area contributed by atoms with Crippen LogP contribution in [0.5, 0.6) is 0 Å². The summed E-state index contributed by atoms with van der Waals surface area (Å²) in [7, 11) is 1.49. The van der Waals surface area contributed by atoms with Crippen LogP contribution in [-0.2, 0) is 6.18 Å². The van der Waals surface area contributed by atoms with Crippen molar-refractivity contribution < 1.29 is 27.6 Å². The monoisotopic (exact) mass is 515 g/mol. The van der Waals surface area contributed by atoms with Crippen molar-refractivity contribution in [1.82, 2.24) is 15.3 Å². The molecule has 0 atom stereocenters. The number of carbonyl (C=O) groups is 3. The summed E-state index contributed by atoms with van der Waals surface area (Å²) in [5.41, 5.74) is 2.06. The van der Waals surface area contributed by atoms with Gasteiger partial charge in [0, 0.05) is 41.1 Å². The van der Waals surface area contributed by atoms with E-state index < -0.39 is 29.5 Å². The smallest absolute Gasteiger partial charge is 0.352 e. The van der Waals surface area contributed by atoms with Crippen LogP contribution in [-0.4, -0.2) is 41.3 Å². The zero-order valence-corrected chi connectivity index (χ0v) is 19.9. The SMILES string of the molecule is CCNC(=O)c1c(NC(=O)c2cscn2)[nH]c2cc(N(C)C(=O)c3ccc(C(F)(F)F)cc3)ccc12. The van der Waals surface area contributed by atoms with E-state index in [1.165, 1.54) is 28.8 Å². The van der Waals surface area contributed by atoms with Crippen LogP contribution in [0.15, 0.2) is 53.4 Å². The van der Waals surface area contributed by atoms with Gasteiger partial charge < -0.3 is 20.5 Å². The molecule has 8 nitrogen and oxygen atoms in total. The van der Waals surface area contributed by atoms with E-state index in [4.69, 9.17) is 0 Å². The molecule has 3 N–H and O–H groups in total. The number of thiazole rings is 1. The number of hydrogen-bond donors (Lipinski definition) is 3. The number of rotatable bonds is 6. The number of nitrogens with zero attached hydrogens (tertiary/aromatic N) is 2. The van der Waals surface area contributed by atoms with Crippen LogP contribution < -0.4 is 15.5 Å². The molecule has 0 saturated carbocycles. The minimum absolute atomic E-state index is 0.0799. The van der Waals surface area contributed by atoms with Gasteiger partial charge in [0.1, 0.15) is 11.5 Å². The van der Waals surface area contributed by atoms with Gasteiger partial charge in [0.15, 0.2) is 0 Å². The fourth-order valence-corrected chi connectivity index (χ4v) is 4.12. The molecule has 0 unspecified atom stereocenters. The fraction of sp³-hybridized carbons (Fsp3) is 0.167. The molecule has 0 aliphatic heterocycles. The van der Waals surface area contributed by atoms with E-state index in [1.54, 1.807) is 30.5 Å². The molecule has 0 spiro atoms. The lowest BCUT2D eigenvalue weighted by atomic mass is 10.1. The number of nitrogens with one attached hydrogen (secondary N) is 3. The second-order valence-electron chi connectivity index (χ2n) is 7.73. The quantitative estimate of drug-likeness (QED) is 0.339. The number of amides is 3. The van der Waals surface area contributed by atoms with E-state index in [1.807, 2.05) is 0 Å². The highest BCUT2D eigenvalue weighted by Gasteiger charge is 2.30. The Kier molecular flexibility index (Phi) is 6.80. The molecule has 2 aromatic heterocycles. The van der Waals surface area contributed by atoms with Crippen LogP contribution in [0.2, 0.25) is 0 Å². The summed E-state index contributed by atoms with van der Waals surface area (Å²) in [5, 5.41) is 7.47. The van der Waals surface area contributed by atoms with Crippen molar-refractivity contribution in [3.8, 4) is 0 Å². The molecule has 0 bridgehead atoms. The molecule has 0 radical (unpaired) electrons. The highest BCUT2D eigenvalue weighted by atomic mass is 32.1. The Bertz CT molecular complexity index is 1430. The van der Waals surface area contributed by atoms with Crippen LogP contribution in [0.1, 0.15) is 43.7 Å². The van der Waals surface area contributed by atoms with Crippen LogP contribution >= 0.6 is 11.3 Å². The topological polar surface area (TPSA) is 107 Å². The number of anilines is 2. The summed E-state index contributed by atoms with van der Waals surface area (Å²) < 4.78 is 38.5. The lowest BCUT2D eigenvalue weighted by Gasteiger charge is -2.18. The van der Waals surface area contributed by atoms with Crippen molar-refractivity contribution >= 4 is 51.5 Å². The lowest BCUT2D eigenvalue weighted by molar-refractivity contribution is -0.137. The van der Waals surface area contributed by atoms with Gasteiger partial charge in [-0.2, -0.15) is 13.2 Å². The predicted molar refractivity (Wildman–Crippen MR) is 131 cm³/mol. The second-order valence-corrected chi connectivity index (χ2v) is 8.45. The van der Waals surface area contributed by atoms with E-state index in [-0.39, 0.29) is 22.6 Å². The first-order valence-corrected chi connectivity index (χ1v) is 11.6. The van der Waals surface area contributed by atoms with Gasteiger partial charge in [-0.3, -0.25) is 14.4 Å². The summed E-state index contributed by atoms with van der Waals surface area (Å²) in [5.74, 6) is -1.25. The largest absolute Gasteiger partial charge is 0.416 e. The highest BCUT2D eigenvalue weighted by Crippen LogP contribution is 2.32. The van der Waals surface area contributed by atoms with Crippen molar-refractivity contribution in [2.75, 3.05) is 23.8 Å². The van der Waals surface area contributed by atoms with Gasteiger partial charge in [-0.25, -0.2) is 4.98 Å². The van der Waals surface area contributed by atoms with Gasteiger partial charge in [0.25, 0.3) is 17.7 Å². The third kappa shape index (κ3) is 4.93. The van der Waals surface area contributed by atoms with E-state index in [9.17, 15) is 27.6 Å². The zero-order chi connectivity index (χ0) is 26.0. The van der Waals surface area contributed by atoms with E-state index in [0.29, 0.717) is 23.1 Å². The maximum atomic E-state index is 12.9.